The van der Waals surface area contributed by atoms with Gasteiger partial charge in [0.2, 0.25) is 0 Å². The van der Waals surface area contributed by atoms with E-state index in [1.54, 1.807) is 0 Å². The largest absolute Gasteiger partial charge is 0.361 e. The van der Waals surface area contributed by atoms with Crippen molar-refractivity contribution in [3.8, 4) is 0 Å². The molecule has 8 nitrogen and oxygen atoms in total. The van der Waals surface area contributed by atoms with Gasteiger partial charge in [0, 0.05) is 0 Å². The zero-order chi connectivity index (χ0) is 15.7. The van der Waals surface area contributed by atoms with Crippen molar-refractivity contribution in [2.24, 2.45) is 5.73 Å². The molecule has 1 aromatic carbocycles. The number of nitrogens with two attached hydrogens (primary N) is 1. The normalized spacial score (nSPS) is 13.2. The van der Waals surface area contributed by atoms with Gasteiger partial charge < -0.3 is 10.6 Å². The fraction of sp³-hybridized carbons (Fsp3) is 0.462. The topological polar surface area (TPSA) is 114 Å². The molecule has 116 valence electrons. The quantitative estimate of drug-likeness (QED) is 0.313. The Morgan fingerprint density at radius 1 is 1.33 bits per heavy atom. The average molecular weight is 298 g/mol. The first-order valence-corrected chi connectivity index (χ1v) is 6.36. The summed E-state index contributed by atoms with van der Waals surface area (Å²) in [6.07, 6.45) is 0.998. The van der Waals surface area contributed by atoms with Crippen LogP contribution in [0.5, 0.6) is 0 Å². The van der Waals surface area contributed by atoms with Crippen LogP contribution >= 0.6 is 0 Å². The van der Waals surface area contributed by atoms with Crippen LogP contribution in [0, 0.1) is 10.1 Å². The molecule has 1 unspecified atom stereocenters. The van der Waals surface area contributed by atoms with E-state index in [9.17, 15) is 14.9 Å². The molecule has 1 aromatic rings. The molecule has 0 aromatic heterocycles. The van der Waals surface area contributed by atoms with E-state index in [0.717, 1.165) is 5.56 Å². The van der Waals surface area contributed by atoms with Gasteiger partial charge in [-0.3, -0.25) is 4.89 Å². The van der Waals surface area contributed by atoms with Gasteiger partial charge in [0.1, 0.15) is 18.8 Å². The van der Waals surface area contributed by atoms with Crippen molar-refractivity contribution in [3.05, 3.63) is 46.0 Å². The van der Waals surface area contributed by atoms with Crippen LogP contribution < -0.4 is 5.73 Å². The van der Waals surface area contributed by atoms with Crippen LogP contribution in [-0.4, -0.2) is 29.8 Å². The number of carbonyl (C=O) groups excluding carboxylic acids is 1. The smallest absolute Gasteiger partial charge is 0.316 e. The van der Waals surface area contributed by atoms with Crippen LogP contribution in [0.4, 0.5) is 0 Å². The third-order valence-corrected chi connectivity index (χ3v) is 2.74. The number of nitrogens with zero attached hydrogens (tertiary/aromatic N) is 1. The lowest BCUT2D eigenvalue weighted by Crippen LogP contribution is -2.46. The highest BCUT2D eigenvalue weighted by molar-refractivity contribution is 5.79. The standard InChI is InChI=1S/C13H18N2O6/c1-13(14,8-7-11-5-3-2-4-6-11)12(16)21-20-10-9-19-15(17)18/h2-6H,7-10,14H2,1H3. The van der Waals surface area contributed by atoms with Gasteiger partial charge in [0.15, 0.2) is 0 Å². The van der Waals surface area contributed by atoms with Gasteiger partial charge in [0.25, 0.3) is 5.09 Å². The first-order chi connectivity index (χ1) is 9.92. The molecule has 8 heteroatoms. The Balaban J connectivity index is 2.29. The first kappa shape index (κ1) is 16.9. The predicted molar refractivity (Wildman–Crippen MR) is 72.3 cm³/mol. The van der Waals surface area contributed by atoms with Crippen LogP contribution in [0.25, 0.3) is 0 Å². The van der Waals surface area contributed by atoms with E-state index in [1.807, 2.05) is 30.3 Å². The summed E-state index contributed by atoms with van der Waals surface area (Å²) in [5.74, 6) is -0.737. The van der Waals surface area contributed by atoms with Crippen molar-refractivity contribution in [2.45, 2.75) is 25.3 Å². The minimum atomic E-state index is -1.21. The summed E-state index contributed by atoms with van der Waals surface area (Å²) >= 11 is 0. The van der Waals surface area contributed by atoms with Gasteiger partial charge in [0.05, 0.1) is 0 Å². The summed E-state index contributed by atoms with van der Waals surface area (Å²) in [6.45, 7) is 0.961. The fourth-order valence-electron chi connectivity index (χ4n) is 1.49. The summed E-state index contributed by atoms with van der Waals surface area (Å²) in [6, 6.07) is 9.58. The van der Waals surface area contributed by atoms with Crippen LogP contribution in [-0.2, 0) is 25.8 Å². The second-order valence-corrected chi connectivity index (χ2v) is 4.65. The average Bonchev–Trinajstić information content (AvgIpc) is 2.45. The van der Waals surface area contributed by atoms with Crippen molar-refractivity contribution < 1.29 is 24.5 Å². The Hall–Kier alpha value is -2.19. The molecular formula is C13H18N2O6. The maximum Gasteiger partial charge on any atom is 0.361 e. The maximum absolute atomic E-state index is 11.7. The molecule has 0 spiro atoms. The van der Waals surface area contributed by atoms with Gasteiger partial charge in [-0.2, -0.15) is 4.89 Å². The summed E-state index contributed by atoms with van der Waals surface area (Å²) in [4.78, 5) is 34.6. The third-order valence-electron chi connectivity index (χ3n) is 2.74. The number of hydrogen-bond acceptors (Lipinski definition) is 7. The number of carbonyl (C=O) groups is 1. The molecule has 0 fully saturated rings. The highest BCUT2D eigenvalue weighted by atomic mass is 17.2. The lowest BCUT2D eigenvalue weighted by atomic mass is 9.94. The van der Waals surface area contributed by atoms with E-state index in [4.69, 9.17) is 5.73 Å². The maximum atomic E-state index is 11.7. The van der Waals surface area contributed by atoms with Gasteiger partial charge in [-0.05, 0) is 25.3 Å². The molecule has 0 aliphatic rings. The van der Waals surface area contributed by atoms with Crippen molar-refractivity contribution >= 4 is 5.97 Å². The molecule has 0 heterocycles. The Kier molecular flexibility index (Phi) is 6.57. The molecule has 1 atom stereocenters. The van der Waals surface area contributed by atoms with Crippen LogP contribution in [0.15, 0.2) is 30.3 Å². The number of aryl methyl sites for hydroxylation is 1. The van der Waals surface area contributed by atoms with Gasteiger partial charge >= 0.3 is 5.97 Å². The molecule has 1 rings (SSSR count). The van der Waals surface area contributed by atoms with Gasteiger partial charge in [-0.1, -0.05) is 30.3 Å². The summed E-state index contributed by atoms with van der Waals surface area (Å²) in [5.41, 5.74) is 5.73. The lowest BCUT2D eigenvalue weighted by molar-refractivity contribution is -0.758. The van der Waals surface area contributed by atoms with Gasteiger partial charge in [-0.15, -0.1) is 10.1 Å². The molecule has 0 amide bonds. The van der Waals surface area contributed by atoms with E-state index < -0.39 is 16.6 Å². The van der Waals surface area contributed by atoms with Crippen molar-refractivity contribution in [1.29, 1.82) is 0 Å². The third kappa shape index (κ3) is 6.68. The van der Waals surface area contributed by atoms with Crippen molar-refractivity contribution in [3.63, 3.8) is 0 Å². The molecule has 2 N–H and O–H groups in total. The number of hydrogen-bond donors (Lipinski definition) is 1. The highest BCUT2D eigenvalue weighted by Gasteiger charge is 2.30. The SMILES string of the molecule is CC(N)(CCc1ccccc1)C(=O)OOCCO[N+](=O)[O-]. The van der Waals surface area contributed by atoms with E-state index in [2.05, 4.69) is 14.6 Å². The number of rotatable bonds is 9. The van der Waals surface area contributed by atoms with Crippen LogP contribution in [0.2, 0.25) is 0 Å². The van der Waals surface area contributed by atoms with Crippen LogP contribution in [0.3, 0.4) is 0 Å². The molecule has 0 saturated heterocycles. The lowest BCUT2D eigenvalue weighted by Gasteiger charge is -2.21. The summed E-state index contributed by atoms with van der Waals surface area (Å²) in [5, 5.41) is 8.92. The highest BCUT2D eigenvalue weighted by Crippen LogP contribution is 2.13. The Morgan fingerprint density at radius 3 is 2.62 bits per heavy atom. The molecule has 21 heavy (non-hydrogen) atoms. The molecule has 0 radical (unpaired) electrons. The monoisotopic (exact) mass is 298 g/mol. The van der Waals surface area contributed by atoms with Crippen molar-refractivity contribution in [1.82, 2.24) is 0 Å². The molecule has 0 saturated carbocycles. The molecule has 0 bridgehead atoms. The zero-order valence-electron chi connectivity index (χ0n) is 11.7. The second kappa shape index (κ2) is 8.18. The summed E-state index contributed by atoms with van der Waals surface area (Å²) < 4.78 is 0. The van der Waals surface area contributed by atoms with Crippen LogP contribution in [0.1, 0.15) is 18.9 Å². The summed E-state index contributed by atoms with van der Waals surface area (Å²) in [7, 11) is 0. The Labute approximate surface area is 121 Å². The molecular weight excluding hydrogens is 280 g/mol. The van der Waals surface area contributed by atoms with E-state index in [-0.39, 0.29) is 13.2 Å². The predicted octanol–water partition coefficient (Wildman–Crippen LogP) is 1.02. The zero-order valence-corrected chi connectivity index (χ0v) is 11.7. The van der Waals surface area contributed by atoms with E-state index in [1.165, 1.54) is 6.92 Å². The molecule has 0 aliphatic heterocycles. The Bertz CT molecular complexity index is 463. The van der Waals surface area contributed by atoms with E-state index in [0.29, 0.717) is 12.8 Å². The van der Waals surface area contributed by atoms with E-state index >= 15 is 0 Å². The number of benzene rings is 1. The first-order valence-electron chi connectivity index (χ1n) is 6.36. The minimum absolute atomic E-state index is 0.249. The molecule has 0 aliphatic carbocycles. The fourth-order valence-corrected chi connectivity index (χ4v) is 1.49. The van der Waals surface area contributed by atoms with Gasteiger partial charge in [-0.25, -0.2) is 4.79 Å². The Morgan fingerprint density at radius 2 is 2.00 bits per heavy atom. The minimum Gasteiger partial charge on any atom is -0.316 e. The van der Waals surface area contributed by atoms with Crippen molar-refractivity contribution in [2.75, 3.05) is 13.2 Å². The second-order valence-electron chi connectivity index (χ2n) is 4.65.